The minimum absolute atomic E-state index is 0.0103. The number of hydrogen-bond donors (Lipinski definition) is 1. The number of ether oxygens (including phenoxy) is 4. The third kappa shape index (κ3) is 6.55. The molecule has 0 fully saturated rings. The summed E-state index contributed by atoms with van der Waals surface area (Å²) in [5.41, 5.74) is 12.5. The molecule has 13 nitrogen and oxygen atoms in total. The molecule has 0 aliphatic carbocycles. The van der Waals surface area contributed by atoms with Gasteiger partial charge in [0.1, 0.15) is 19.3 Å². The third-order valence-corrected chi connectivity index (χ3v) is 11.4. The predicted octanol–water partition coefficient (Wildman–Crippen LogP) is 4.01. The van der Waals surface area contributed by atoms with E-state index in [-0.39, 0.29) is 43.1 Å². The second-order valence-electron chi connectivity index (χ2n) is 14.8. The molecule has 0 spiro atoms. The Morgan fingerprint density at radius 3 is 1.70 bits per heavy atom. The first-order chi connectivity index (χ1) is 27.1. The molecule has 0 aromatic heterocycles. The summed E-state index contributed by atoms with van der Waals surface area (Å²) < 4.78 is 23.8. The quantitative estimate of drug-likeness (QED) is 0.280. The number of amides is 3. The first kappa shape index (κ1) is 36.9. The van der Waals surface area contributed by atoms with Crippen molar-refractivity contribution in [1.82, 2.24) is 9.80 Å². The molecule has 0 saturated heterocycles. The average molecular weight is 760 g/mol. The van der Waals surface area contributed by atoms with Crippen LogP contribution in [-0.2, 0) is 35.5 Å². The molecule has 2 unspecified atom stereocenters. The van der Waals surface area contributed by atoms with Crippen LogP contribution in [0.2, 0.25) is 0 Å². The maximum absolute atomic E-state index is 14.2. The summed E-state index contributed by atoms with van der Waals surface area (Å²) in [6, 6.07) is 20.7. The van der Waals surface area contributed by atoms with E-state index < -0.39 is 18.1 Å². The zero-order chi connectivity index (χ0) is 39.2. The molecule has 4 aliphatic rings. The van der Waals surface area contributed by atoms with Gasteiger partial charge in [-0.2, -0.15) is 0 Å². The molecule has 2 N–H and O–H groups in total. The molecule has 0 saturated carbocycles. The van der Waals surface area contributed by atoms with Gasteiger partial charge in [0.05, 0.1) is 48.8 Å². The number of likely N-dealkylation sites (N-methyl/N-ethyl adjacent to an activating group) is 1. The number of ketones is 1. The number of hydrogen-bond acceptors (Lipinski definition) is 10. The molecular weight excluding hydrogens is 714 g/mol. The van der Waals surface area contributed by atoms with E-state index in [0.717, 1.165) is 22.3 Å². The van der Waals surface area contributed by atoms with Gasteiger partial charge < -0.3 is 44.3 Å². The minimum Gasteiger partial charge on any atom is -0.493 e. The maximum Gasteiger partial charge on any atom is 0.257 e. The number of nitrogens with two attached hydrogens (primary N) is 1. The zero-order valence-electron chi connectivity index (χ0n) is 31.9. The fourth-order valence-electron chi connectivity index (χ4n) is 8.22. The van der Waals surface area contributed by atoms with E-state index in [9.17, 15) is 19.2 Å². The van der Waals surface area contributed by atoms with E-state index in [0.29, 0.717) is 78.0 Å². The summed E-state index contributed by atoms with van der Waals surface area (Å²) in [6.45, 7) is 1.14. The van der Waals surface area contributed by atoms with E-state index in [1.165, 1.54) is 19.1 Å². The van der Waals surface area contributed by atoms with Crippen LogP contribution in [0, 0.1) is 0 Å². The van der Waals surface area contributed by atoms with Crippen LogP contribution in [0.25, 0.3) is 0 Å². The molecule has 8 rings (SSSR count). The Bertz CT molecular complexity index is 2240. The zero-order valence-corrected chi connectivity index (χ0v) is 31.9. The van der Waals surface area contributed by atoms with Gasteiger partial charge in [0.2, 0.25) is 5.91 Å². The number of anilines is 2. The molecule has 0 radical (unpaired) electrons. The molecule has 290 valence electrons. The first-order valence-electron chi connectivity index (χ1n) is 18.8. The van der Waals surface area contributed by atoms with Crippen LogP contribution in [0.3, 0.4) is 0 Å². The maximum atomic E-state index is 14.2. The van der Waals surface area contributed by atoms with Crippen LogP contribution >= 0.6 is 0 Å². The Kier molecular flexibility index (Phi) is 9.79. The van der Waals surface area contributed by atoms with Crippen molar-refractivity contribution >= 4 is 34.9 Å². The Labute approximate surface area is 325 Å². The van der Waals surface area contributed by atoms with Crippen molar-refractivity contribution in [2.24, 2.45) is 5.73 Å². The smallest absolute Gasteiger partial charge is 0.257 e. The number of carbonyl (C=O) groups is 4. The summed E-state index contributed by atoms with van der Waals surface area (Å²) >= 11 is 0. The summed E-state index contributed by atoms with van der Waals surface area (Å²) in [7, 11) is 6.51. The highest BCUT2D eigenvalue weighted by molar-refractivity contribution is 6.11. The van der Waals surface area contributed by atoms with Crippen molar-refractivity contribution in [3.63, 3.8) is 0 Å². The normalized spacial score (nSPS) is 19.5. The molecule has 3 amide bonds. The summed E-state index contributed by atoms with van der Waals surface area (Å²) in [6.07, 6.45) is 1.20. The fourth-order valence-corrected chi connectivity index (χ4v) is 8.22. The van der Waals surface area contributed by atoms with Crippen LogP contribution in [0.5, 0.6) is 23.0 Å². The van der Waals surface area contributed by atoms with Crippen LogP contribution in [0.15, 0.2) is 72.8 Å². The lowest BCUT2D eigenvalue weighted by molar-refractivity contribution is -0.124. The number of rotatable bonds is 8. The van der Waals surface area contributed by atoms with Gasteiger partial charge in [-0.1, -0.05) is 48.5 Å². The monoisotopic (exact) mass is 759 g/mol. The van der Waals surface area contributed by atoms with E-state index in [1.807, 2.05) is 60.5 Å². The molecule has 56 heavy (non-hydrogen) atoms. The number of Topliss-reactive ketones (excluding diaryl/α,β-unsaturated/α-hetero) is 1. The van der Waals surface area contributed by atoms with Crippen molar-refractivity contribution < 1.29 is 38.1 Å². The lowest BCUT2D eigenvalue weighted by Crippen LogP contribution is -2.50. The molecule has 4 aromatic rings. The topological polar surface area (TPSA) is 144 Å². The predicted molar refractivity (Wildman–Crippen MR) is 209 cm³/mol. The number of nitrogens with zero attached hydrogens (tertiary/aromatic N) is 4. The number of fused-ring (bicyclic) bond motifs is 6. The Balaban J connectivity index is 0.991. The average Bonchev–Trinajstić information content (AvgIpc) is 3.27. The molecule has 3 atom stereocenters. The van der Waals surface area contributed by atoms with Crippen molar-refractivity contribution in [2.45, 2.75) is 50.5 Å². The van der Waals surface area contributed by atoms with Gasteiger partial charge in [-0.15, -0.1) is 0 Å². The minimum atomic E-state index is -0.631. The van der Waals surface area contributed by atoms with E-state index in [2.05, 4.69) is 0 Å². The van der Waals surface area contributed by atoms with Crippen molar-refractivity contribution in [3.05, 3.63) is 106 Å². The highest BCUT2D eigenvalue weighted by atomic mass is 16.5. The molecule has 13 heteroatoms. The number of benzene rings is 4. The van der Waals surface area contributed by atoms with E-state index in [1.54, 1.807) is 41.1 Å². The van der Waals surface area contributed by atoms with Crippen LogP contribution in [0.4, 0.5) is 11.4 Å². The van der Waals surface area contributed by atoms with E-state index >= 15 is 0 Å². The van der Waals surface area contributed by atoms with Gasteiger partial charge >= 0.3 is 0 Å². The lowest BCUT2D eigenvalue weighted by atomic mass is 9.90. The summed E-state index contributed by atoms with van der Waals surface area (Å²) in [5.74, 6) is 0.713. The third-order valence-electron chi connectivity index (χ3n) is 11.4. The summed E-state index contributed by atoms with van der Waals surface area (Å²) in [4.78, 5) is 62.2. The highest BCUT2D eigenvalue weighted by Crippen LogP contribution is 2.41. The first-order valence-corrected chi connectivity index (χ1v) is 18.8. The Hall–Kier alpha value is -6.08. The highest BCUT2D eigenvalue weighted by Gasteiger charge is 2.42. The lowest BCUT2D eigenvalue weighted by Gasteiger charge is -2.36. The van der Waals surface area contributed by atoms with E-state index in [4.69, 9.17) is 24.7 Å². The van der Waals surface area contributed by atoms with Crippen LogP contribution < -0.4 is 34.5 Å². The van der Waals surface area contributed by atoms with Gasteiger partial charge in [-0.05, 0) is 34.4 Å². The molecule has 0 bridgehead atoms. The van der Waals surface area contributed by atoms with Crippen LogP contribution in [0.1, 0.15) is 49.4 Å². The second-order valence-corrected chi connectivity index (χ2v) is 14.8. The fraction of sp³-hybridized carbons (Fsp3) is 0.349. The molecule has 4 aromatic carbocycles. The van der Waals surface area contributed by atoms with Crippen molar-refractivity contribution in [1.29, 1.82) is 0 Å². The van der Waals surface area contributed by atoms with Crippen molar-refractivity contribution in [2.75, 3.05) is 57.9 Å². The summed E-state index contributed by atoms with van der Waals surface area (Å²) in [5, 5.41) is 0. The Morgan fingerprint density at radius 1 is 0.661 bits per heavy atom. The van der Waals surface area contributed by atoms with Gasteiger partial charge in [-0.3, -0.25) is 19.2 Å². The van der Waals surface area contributed by atoms with Gasteiger partial charge in [0.15, 0.2) is 28.8 Å². The van der Waals surface area contributed by atoms with Gasteiger partial charge in [-0.25, -0.2) is 0 Å². The Morgan fingerprint density at radius 2 is 1.14 bits per heavy atom. The molecule has 4 aliphatic heterocycles. The molecular formula is C43H45N5O8. The van der Waals surface area contributed by atoms with Gasteiger partial charge in [0, 0.05) is 65.1 Å². The van der Waals surface area contributed by atoms with Gasteiger partial charge in [0.25, 0.3) is 11.8 Å². The van der Waals surface area contributed by atoms with Crippen molar-refractivity contribution in [3.8, 4) is 23.0 Å². The second kappa shape index (κ2) is 14.9. The molecule has 4 heterocycles. The number of methoxy groups -OCH3 is 2. The largest absolute Gasteiger partial charge is 0.493 e. The SMILES string of the molecule is COc1cc2c(cc1OCC(N)COc1cc3c(cc1OC)C(=O)N1Cc4ccccc4C[C@H]1C(=O)N3C)N(C)CCC(=O)C1Cc3ccccc3CN1C2=O. The van der Waals surface area contributed by atoms with Crippen LogP contribution in [-0.4, -0.2) is 99.5 Å². The standard InChI is InChI=1S/C43H45N5O8/c1-45-14-13-36(49)34-15-25-9-5-7-11-27(25)21-47(34)41(50)30-17-37(53-3)39(19-32(30)45)55-23-29(44)24-56-40-20-33-31(18-38(40)54-4)42(51)48-22-28-12-8-6-10-26(28)16-35(48)43(52)46(33)2/h5-12,17-20,29,34-35H,13-16,21-24,44H2,1-4H3/t29?,34?,35-/m0/s1. The number of carbonyl (C=O) groups excluding carboxylic acids is 4.